The Morgan fingerprint density at radius 2 is 1.81 bits per heavy atom. The van der Waals surface area contributed by atoms with Crippen LogP contribution in [0.25, 0.3) is 0 Å². The first-order chi connectivity index (χ1) is 13.0. The summed E-state index contributed by atoms with van der Waals surface area (Å²) in [6, 6.07) is 9.02. The molecular formula is C19H20O7S. The SMILES string of the molecule is C#COc1ccc(Cc2sccc2OC2OC(CO)C(O)C(O)C2O)cc1. The fourth-order valence-corrected chi connectivity index (χ4v) is 3.62. The van der Waals surface area contributed by atoms with Crippen LogP contribution < -0.4 is 9.47 Å². The number of hydrogen-bond donors (Lipinski definition) is 4. The van der Waals surface area contributed by atoms with Gasteiger partial charge in [-0.1, -0.05) is 18.6 Å². The molecule has 0 amide bonds. The summed E-state index contributed by atoms with van der Waals surface area (Å²) < 4.78 is 16.1. The van der Waals surface area contributed by atoms with Gasteiger partial charge in [-0.15, -0.1) is 11.3 Å². The monoisotopic (exact) mass is 392 g/mol. The van der Waals surface area contributed by atoms with Crippen LogP contribution in [0.5, 0.6) is 11.5 Å². The van der Waals surface area contributed by atoms with E-state index in [1.54, 1.807) is 18.2 Å². The van der Waals surface area contributed by atoms with E-state index in [1.807, 2.05) is 17.5 Å². The minimum absolute atomic E-state index is 0.494. The van der Waals surface area contributed by atoms with Crippen molar-refractivity contribution < 1.29 is 34.6 Å². The van der Waals surface area contributed by atoms with Crippen LogP contribution in [-0.4, -0.2) is 57.7 Å². The number of terminal acetylenes is 1. The van der Waals surface area contributed by atoms with E-state index in [0.717, 1.165) is 10.4 Å². The summed E-state index contributed by atoms with van der Waals surface area (Å²) in [6.45, 7) is -0.507. The minimum atomic E-state index is -1.48. The molecule has 5 unspecified atom stereocenters. The van der Waals surface area contributed by atoms with Crippen molar-refractivity contribution in [2.24, 2.45) is 0 Å². The van der Waals surface area contributed by atoms with Gasteiger partial charge in [0.05, 0.1) is 11.5 Å². The van der Waals surface area contributed by atoms with Crippen molar-refractivity contribution in [3.8, 4) is 24.0 Å². The molecule has 1 aromatic heterocycles. The smallest absolute Gasteiger partial charge is 0.229 e. The molecule has 1 fully saturated rings. The first kappa shape index (κ1) is 19.6. The average Bonchev–Trinajstić information content (AvgIpc) is 3.10. The number of rotatable bonds is 6. The second kappa shape index (κ2) is 8.71. The minimum Gasteiger partial charge on any atom is -0.461 e. The number of thiophene rings is 1. The summed E-state index contributed by atoms with van der Waals surface area (Å²) in [4.78, 5) is 0.887. The molecule has 0 saturated carbocycles. The van der Waals surface area contributed by atoms with E-state index in [4.69, 9.17) is 20.6 Å². The number of hydrogen-bond acceptors (Lipinski definition) is 8. The standard InChI is InChI=1S/C19H20O7S/c1-2-24-12-5-3-11(4-6-12)9-15-13(7-8-27-15)25-19-18(23)17(22)16(21)14(10-20)26-19/h1,3-8,14,16-23H,9-10H2. The Morgan fingerprint density at radius 1 is 1.07 bits per heavy atom. The van der Waals surface area contributed by atoms with E-state index in [1.165, 1.54) is 11.3 Å². The van der Waals surface area contributed by atoms with Crippen LogP contribution in [0.15, 0.2) is 35.7 Å². The van der Waals surface area contributed by atoms with Gasteiger partial charge in [-0.2, -0.15) is 0 Å². The summed E-state index contributed by atoms with van der Waals surface area (Å²) in [7, 11) is 0. The van der Waals surface area contributed by atoms with Crippen LogP contribution >= 0.6 is 11.3 Å². The maximum atomic E-state index is 10.1. The van der Waals surface area contributed by atoms with E-state index < -0.39 is 37.3 Å². The van der Waals surface area contributed by atoms with Crippen molar-refractivity contribution in [3.05, 3.63) is 46.2 Å². The Balaban J connectivity index is 1.70. The third kappa shape index (κ3) is 4.42. The molecule has 0 aliphatic carbocycles. The van der Waals surface area contributed by atoms with Crippen molar-refractivity contribution in [1.82, 2.24) is 0 Å². The van der Waals surface area contributed by atoms with Crippen LogP contribution in [0.2, 0.25) is 0 Å². The molecule has 5 atom stereocenters. The molecule has 27 heavy (non-hydrogen) atoms. The van der Waals surface area contributed by atoms with Crippen molar-refractivity contribution in [1.29, 1.82) is 0 Å². The van der Waals surface area contributed by atoms with Gasteiger partial charge < -0.3 is 34.6 Å². The van der Waals surface area contributed by atoms with Gasteiger partial charge in [0, 0.05) is 6.42 Å². The Kier molecular flexibility index (Phi) is 6.34. The van der Waals surface area contributed by atoms with Crippen LogP contribution in [0.1, 0.15) is 10.4 Å². The zero-order valence-corrected chi connectivity index (χ0v) is 15.1. The normalized spacial score (nSPS) is 27.7. The highest BCUT2D eigenvalue weighted by Crippen LogP contribution is 2.31. The molecule has 0 radical (unpaired) electrons. The van der Waals surface area contributed by atoms with Crippen molar-refractivity contribution in [2.45, 2.75) is 37.1 Å². The second-order valence-electron chi connectivity index (χ2n) is 6.06. The third-order valence-corrected chi connectivity index (χ3v) is 5.16. The molecule has 0 spiro atoms. The van der Waals surface area contributed by atoms with Gasteiger partial charge >= 0.3 is 0 Å². The molecule has 0 bridgehead atoms. The number of aliphatic hydroxyl groups is 4. The fraction of sp³-hybridized carbons (Fsp3) is 0.368. The Bertz CT molecular complexity index is 780. The number of ether oxygens (including phenoxy) is 3. The Labute approximate surface area is 160 Å². The molecule has 2 aromatic rings. The molecular weight excluding hydrogens is 372 g/mol. The van der Waals surface area contributed by atoms with E-state index >= 15 is 0 Å². The molecule has 8 heteroatoms. The Hall–Kier alpha value is -2.12. The van der Waals surface area contributed by atoms with Gasteiger partial charge in [0.25, 0.3) is 0 Å². The molecule has 144 valence electrons. The molecule has 1 aromatic carbocycles. The highest BCUT2D eigenvalue weighted by atomic mass is 32.1. The second-order valence-corrected chi connectivity index (χ2v) is 7.06. The zero-order valence-electron chi connectivity index (χ0n) is 14.3. The van der Waals surface area contributed by atoms with Crippen LogP contribution in [0.4, 0.5) is 0 Å². The molecule has 1 aliphatic heterocycles. The van der Waals surface area contributed by atoms with Crippen LogP contribution in [0, 0.1) is 12.5 Å². The predicted octanol–water partition coefficient (Wildman–Crippen LogP) is 0.487. The predicted molar refractivity (Wildman–Crippen MR) is 97.4 cm³/mol. The maximum absolute atomic E-state index is 10.1. The molecule has 3 rings (SSSR count). The molecule has 4 N–H and O–H groups in total. The number of aliphatic hydroxyl groups excluding tert-OH is 4. The summed E-state index contributed by atoms with van der Waals surface area (Å²) >= 11 is 1.47. The van der Waals surface area contributed by atoms with Gasteiger partial charge in [0.15, 0.2) is 0 Å². The highest BCUT2D eigenvalue weighted by molar-refractivity contribution is 7.10. The topological polar surface area (TPSA) is 109 Å². The lowest BCUT2D eigenvalue weighted by Crippen LogP contribution is -2.60. The lowest BCUT2D eigenvalue weighted by atomic mass is 9.99. The average molecular weight is 392 g/mol. The largest absolute Gasteiger partial charge is 0.461 e. The third-order valence-electron chi connectivity index (χ3n) is 4.26. The van der Waals surface area contributed by atoms with Gasteiger partial charge in [0.1, 0.15) is 42.0 Å². The van der Waals surface area contributed by atoms with Crippen molar-refractivity contribution in [3.63, 3.8) is 0 Å². The lowest BCUT2D eigenvalue weighted by molar-refractivity contribution is -0.277. The molecule has 7 nitrogen and oxygen atoms in total. The molecule has 1 aliphatic rings. The van der Waals surface area contributed by atoms with Gasteiger partial charge in [-0.25, -0.2) is 0 Å². The Morgan fingerprint density at radius 3 is 2.48 bits per heavy atom. The van der Waals surface area contributed by atoms with Gasteiger partial charge in [0.2, 0.25) is 6.29 Å². The summed E-state index contributed by atoms with van der Waals surface area (Å²) in [5.41, 5.74) is 1.00. The van der Waals surface area contributed by atoms with Gasteiger partial charge in [-0.05, 0) is 29.1 Å². The van der Waals surface area contributed by atoms with Crippen molar-refractivity contribution in [2.75, 3.05) is 6.61 Å². The summed E-state index contributed by atoms with van der Waals surface area (Å²) in [6.07, 6.45) is 1.21. The zero-order chi connectivity index (χ0) is 19.4. The number of benzene rings is 1. The van der Waals surface area contributed by atoms with E-state index in [-0.39, 0.29) is 0 Å². The van der Waals surface area contributed by atoms with Crippen LogP contribution in [-0.2, 0) is 11.2 Å². The fourth-order valence-electron chi connectivity index (χ4n) is 2.78. The van der Waals surface area contributed by atoms with E-state index in [0.29, 0.717) is 17.9 Å². The maximum Gasteiger partial charge on any atom is 0.229 e. The van der Waals surface area contributed by atoms with E-state index in [2.05, 4.69) is 6.11 Å². The quantitative estimate of drug-likeness (QED) is 0.530. The summed E-state index contributed by atoms with van der Waals surface area (Å²) in [5, 5.41) is 40.9. The first-order valence-electron chi connectivity index (χ1n) is 8.28. The van der Waals surface area contributed by atoms with Gasteiger partial charge in [-0.3, -0.25) is 0 Å². The van der Waals surface area contributed by atoms with Crippen LogP contribution in [0.3, 0.4) is 0 Å². The van der Waals surface area contributed by atoms with Crippen molar-refractivity contribution >= 4 is 11.3 Å². The van der Waals surface area contributed by atoms with E-state index in [9.17, 15) is 20.4 Å². The first-order valence-corrected chi connectivity index (χ1v) is 9.16. The molecule has 2 heterocycles. The molecule has 1 saturated heterocycles. The highest BCUT2D eigenvalue weighted by Gasteiger charge is 2.44. The summed E-state index contributed by atoms with van der Waals surface area (Å²) in [5.74, 6) is 1.07. The lowest BCUT2D eigenvalue weighted by Gasteiger charge is -2.39.